The largest absolute Gasteiger partial charge is 0.507 e. The second kappa shape index (κ2) is 9.93. The van der Waals surface area contributed by atoms with Crippen molar-refractivity contribution >= 4 is 63.1 Å². The minimum atomic E-state index is -1.08. The van der Waals surface area contributed by atoms with Crippen LogP contribution in [-0.4, -0.2) is 42.0 Å². The van der Waals surface area contributed by atoms with Gasteiger partial charge in [0.05, 0.1) is 41.6 Å². The molecule has 0 radical (unpaired) electrons. The van der Waals surface area contributed by atoms with Gasteiger partial charge in [0.15, 0.2) is 5.13 Å². The van der Waals surface area contributed by atoms with Gasteiger partial charge in [0, 0.05) is 5.56 Å². The maximum Gasteiger partial charge on any atom is 0.350 e. The molecule has 1 aliphatic heterocycles. The highest BCUT2D eigenvalue weighted by Crippen LogP contribution is 2.45. The number of ether oxygens (including phenoxy) is 2. The third-order valence-electron chi connectivity index (χ3n) is 5.73. The van der Waals surface area contributed by atoms with Crippen molar-refractivity contribution in [3.05, 3.63) is 79.3 Å². The molecule has 0 aliphatic carbocycles. The van der Waals surface area contributed by atoms with Crippen molar-refractivity contribution < 1.29 is 29.0 Å². The number of carbonyl (C=O) groups excluding carboxylic acids is 3. The van der Waals surface area contributed by atoms with E-state index in [1.54, 1.807) is 38.1 Å². The van der Waals surface area contributed by atoms with Crippen LogP contribution in [0.1, 0.15) is 38.1 Å². The monoisotopic (exact) mass is 546 g/mol. The number of thiazole rings is 1. The number of methoxy groups -OCH3 is 2. The number of ketones is 1. The molecular formula is C25H20Cl2N2O6S. The average Bonchev–Trinajstić information content (AvgIpc) is 3.36. The average molecular weight is 547 g/mol. The van der Waals surface area contributed by atoms with Crippen LogP contribution < -0.4 is 9.64 Å². The summed E-state index contributed by atoms with van der Waals surface area (Å²) in [6, 6.07) is 8.46. The van der Waals surface area contributed by atoms with Gasteiger partial charge in [-0.1, -0.05) is 40.6 Å². The van der Waals surface area contributed by atoms with Crippen molar-refractivity contribution in [2.45, 2.75) is 19.9 Å². The quantitative estimate of drug-likeness (QED) is 0.195. The number of Topliss-reactive ketones (excluding diaryl/α,β-unsaturated/α-hetero) is 1. The summed E-state index contributed by atoms with van der Waals surface area (Å²) in [6.45, 7) is 3.38. The van der Waals surface area contributed by atoms with E-state index in [9.17, 15) is 19.5 Å². The van der Waals surface area contributed by atoms with Crippen molar-refractivity contribution in [2.24, 2.45) is 0 Å². The van der Waals surface area contributed by atoms with Gasteiger partial charge in [0.1, 0.15) is 16.4 Å². The molecule has 3 aromatic rings. The molecule has 8 nitrogen and oxygen atoms in total. The number of benzene rings is 2. The summed E-state index contributed by atoms with van der Waals surface area (Å²) < 4.78 is 10.1. The van der Waals surface area contributed by atoms with Gasteiger partial charge in [-0.2, -0.15) is 0 Å². The highest BCUT2D eigenvalue weighted by atomic mass is 35.5. The van der Waals surface area contributed by atoms with Crippen LogP contribution in [0.25, 0.3) is 5.76 Å². The highest BCUT2D eigenvalue weighted by molar-refractivity contribution is 7.17. The fourth-order valence-electron chi connectivity index (χ4n) is 3.98. The maximum atomic E-state index is 13.3. The summed E-state index contributed by atoms with van der Waals surface area (Å²) in [5.74, 6) is -2.22. The summed E-state index contributed by atoms with van der Waals surface area (Å²) >= 11 is 13.3. The van der Waals surface area contributed by atoms with E-state index in [-0.39, 0.29) is 31.4 Å². The Morgan fingerprint density at radius 3 is 2.42 bits per heavy atom. The molecule has 0 saturated carbocycles. The number of aromatic nitrogens is 1. The Bertz CT molecular complexity index is 1450. The molecule has 1 saturated heterocycles. The number of aliphatic hydroxyl groups excluding tert-OH is 1. The van der Waals surface area contributed by atoms with Crippen molar-refractivity contribution in [1.29, 1.82) is 0 Å². The van der Waals surface area contributed by atoms with E-state index in [0.29, 0.717) is 22.6 Å². The molecule has 4 rings (SSSR count). The molecule has 0 unspecified atom stereocenters. The van der Waals surface area contributed by atoms with E-state index >= 15 is 0 Å². The third kappa shape index (κ3) is 4.34. The lowest BCUT2D eigenvalue weighted by atomic mass is 9.95. The molecule has 1 N–H and O–H groups in total. The molecule has 36 heavy (non-hydrogen) atoms. The molecule has 186 valence electrons. The number of rotatable bonds is 5. The van der Waals surface area contributed by atoms with Crippen LogP contribution in [0.3, 0.4) is 0 Å². The molecule has 11 heteroatoms. The second-order valence-corrected chi connectivity index (χ2v) is 9.72. The lowest BCUT2D eigenvalue weighted by Gasteiger charge is -2.23. The normalized spacial score (nSPS) is 16.9. The fourth-order valence-corrected chi connectivity index (χ4v) is 5.29. The number of hydrogen-bond donors (Lipinski definition) is 1. The predicted octanol–water partition coefficient (Wildman–Crippen LogP) is 5.49. The van der Waals surface area contributed by atoms with Gasteiger partial charge in [-0.15, -0.1) is 0 Å². The molecule has 1 fully saturated rings. The minimum absolute atomic E-state index is 0.0935. The van der Waals surface area contributed by atoms with Crippen LogP contribution in [0.4, 0.5) is 5.13 Å². The summed E-state index contributed by atoms with van der Waals surface area (Å²) in [5.41, 5.74) is 1.64. The second-order valence-electron chi connectivity index (χ2n) is 7.93. The van der Waals surface area contributed by atoms with Crippen LogP contribution in [0, 0.1) is 13.8 Å². The molecule has 1 amide bonds. The van der Waals surface area contributed by atoms with Crippen molar-refractivity contribution in [2.75, 3.05) is 19.1 Å². The lowest BCUT2D eigenvalue weighted by Crippen LogP contribution is -2.29. The number of esters is 1. The molecule has 1 aliphatic rings. The lowest BCUT2D eigenvalue weighted by molar-refractivity contribution is -0.132. The maximum absolute atomic E-state index is 13.3. The zero-order valence-electron chi connectivity index (χ0n) is 19.6. The molecule has 2 heterocycles. The molecule has 0 bridgehead atoms. The van der Waals surface area contributed by atoms with Gasteiger partial charge in [-0.3, -0.25) is 14.5 Å². The Hall–Kier alpha value is -3.40. The van der Waals surface area contributed by atoms with Crippen LogP contribution in [0.5, 0.6) is 5.75 Å². The minimum Gasteiger partial charge on any atom is -0.507 e. The first-order chi connectivity index (χ1) is 17.1. The zero-order chi connectivity index (χ0) is 26.3. The van der Waals surface area contributed by atoms with E-state index < -0.39 is 23.7 Å². The zero-order valence-corrected chi connectivity index (χ0v) is 21.9. The van der Waals surface area contributed by atoms with Crippen LogP contribution in [0.15, 0.2) is 42.0 Å². The first kappa shape index (κ1) is 25.7. The first-order valence-electron chi connectivity index (χ1n) is 10.6. The summed E-state index contributed by atoms with van der Waals surface area (Å²) in [5, 5.41) is 11.9. The number of halogens is 2. The molecule has 1 aromatic heterocycles. The van der Waals surface area contributed by atoms with Crippen molar-refractivity contribution in [1.82, 2.24) is 4.98 Å². The Morgan fingerprint density at radius 2 is 1.81 bits per heavy atom. The predicted molar refractivity (Wildman–Crippen MR) is 137 cm³/mol. The van der Waals surface area contributed by atoms with E-state index in [4.69, 9.17) is 32.7 Å². The van der Waals surface area contributed by atoms with E-state index in [1.807, 2.05) is 0 Å². The van der Waals surface area contributed by atoms with E-state index in [2.05, 4.69) is 4.98 Å². The van der Waals surface area contributed by atoms with Crippen molar-refractivity contribution in [3.63, 3.8) is 0 Å². The number of anilines is 1. The Labute approximate surface area is 220 Å². The SMILES string of the molecule is COC(=O)c1sc(N2C(=O)C(=O)C(=C(O)c3ccc(OC)c(C)c3)[C@@H]2c2ccc(Cl)c(Cl)c2)nc1C. The number of aryl methyl sites for hydroxylation is 2. The number of carbonyl (C=O) groups is 3. The Kier molecular flexibility index (Phi) is 7.08. The van der Waals surface area contributed by atoms with Crippen LogP contribution in [0.2, 0.25) is 10.0 Å². The van der Waals surface area contributed by atoms with Crippen LogP contribution >= 0.6 is 34.5 Å². The number of amides is 1. The van der Waals surface area contributed by atoms with Gasteiger partial charge in [-0.25, -0.2) is 9.78 Å². The molecule has 0 spiro atoms. The first-order valence-corrected chi connectivity index (χ1v) is 12.1. The number of aliphatic hydroxyl groups is 1. The van der Waals surface area contributed by atoms with Crippen molar-refractivity contribution in [3.8, 4) is 5.75 Å². The molecular weight excluding hydrogens is 527 g/mol. The van der Waals surface area contributed by atoms with Gasteiger partial charge in [0.2, 0.25) is 0 Å². The molecule has 1 atom stereocenters. The van der Waals surface area contributed by atoms with Gasteiger partial charge in [0.25, 0.3) is 5.78 Å². The Morgan fingerprint density at radius 1 is 1.08 bits per heavy atom. The van der Waals surface area contributed by atoms with Crippen LogP contribution in [-0.2, 0) is 14.3 Å². The van der Waals surface area contributed by atoms with E-state index in [1.165, 1.54) is 26.4 Å². The summed E-state index contributed by atoms with van der Waals surface area (Å²) in [4.78, 5) is 44.5. The number of nitrogens with zero attached hydrogens (tertiary/aromatic N) is 2. The highest BCUT2D eigenvalue weighted by Gasteiger charge is 2.48. The standard InChI is InChI=1S/C25H20Cl2N2O6S/c1-11-9-14(6-8-17(11)34-3)20(30)18-19(13-5-7-15(26)16(27)10-13)29(23(32)21(18)31)25-28-12(2)22(36-25)24(33)35-4/h5-10,19,30H,1-4H3/t19-/m0/s1. The molecule has 2 aromatic carbocycles. The smallest absolute Gasteiger partial charge is 0.350 e. The van der Waals surface area contributed by atoms with E-state index in [0.717, 1.165) is 21.8 Å². The Balaban J connectivity index is 1.96. The topological polar surface area (TPSA) is 106 Å². The third-order valence-corrected chi connectivity index (χ3v) is 7.61. The summed E-state index contributed by atoms with van der Waals surface area (Å²) in [7, 11) is 2.76. The van der Waals surface area contributed by atoms with Gasteiger partial charge >= 0.3 is 11.9 Å². The van der Waals surface area contributed by atoms with Gasteiger partial charge < -0.3 is 14.6 Å². The number of hydrogen-bond acceptors (Lipinski definition) is 8. The fraction of sp³-hybridized carbons (Fsp3) is 0.200. The van der Waals surface area contributed by atoms with Gasteiger partial charge in [-0.05, 0) is 55.3 Å². The summed E-state index contributed by atoms with van der Waals surface area (Å²) in [6.07, 6.45) is 0.